The van der Waals surface area contributed by atoms with Crippen LogP contribution >= 0.6 is 0 Å². The van der Waals surface area contributed by atoms with E-state index >= 15 is 0 Å². The van der Waals surface area contributed by atoms with Gasteiger partial charge in [-0.25, -0.2) is 0 Å². The summed E-state index contributed by atoms with van der Waals surface area (Å²) in [6, 6.07) is 7.34. The van der Waals surface area contributed by atoms with Crippen LogP contribution in [0.15, 0.2) is 30.3 Å². The van der Waals surface area contributed by atoms with Crippen molar-refractivity contribution in [3.8, 4) is 5.75 Å². The van der Waals surface area contributed by atoms with E-state index in [-0.39, 0.29) is 13.2 Å². The fourth-order valence-electron chi connectivity index (χ4n) is 3.45. The van der Waals surface area contributed by atoms with E-state index in [0.29, 0.717) is 5.75 Å². The first kappa shape index (κ1) is 27.8. The zero-order valence-corrected chi connectivity index (χ0v) is 20.3. The molecule has 5 atom stereocenters. The first-order valence-corrected chi connectivity index (χ1v) is 10.8. The molecule has 11 nitrogen and oxygen atoms in total. The molecule has 0 bridgehead atoms. The molecule has 1 aromatic rings. The van der Waals surface area contributed by atoms with Crippen LogP contribution in [0.4, 0.5) is 0 Å². The van der Waals surface area contributed by atoms with Crippen molar-refractivity contribution in [3.05, 3.63) is 35.9 Å². The van der Waals surface area contributed by atoms with Crippen molar-refractivity contribution in [3.63, 3.8) is 0 Å². The first-order valence-electron chi connectivity index (χ1n) is 10.8. The van der Waals surface area contributed by atoms with Crippen LogP contribution in [0.3, 0.4) is 0 Å². The average molecular weight is 494 g/mol. The molecule has 0 radical (unpaired) electrons. The van der Waals surface area contributed by atoms with Crippen molar-refractivity contribution in [2.24, 2.45) is 0 Å². The van der Waals surface area contributed by atoms with Crippen molar-refractivity contribution < 1.29 is 52.3 Å². The molecule has 1 aliphatic heterocycles. The van der Waals surface area contributed by atoms with Crippen molar-refractivity contribution in [1.29, 1.82) is 0 Å². The predicted molar refractivity (Wildman–Crippen MR) is 120 cm³/mol. The summed E-state index contributed by atoms with van der Waals surface area (Å²) in [6.45, 7) is 4.35. The van der Waals surface area contributed by atoms with E-state index in [2.05, 4.69) is 0 Å². The van der Waals surface area contributed by atoms with E-state index in [0.717, 1.165) is 26.3 Å². The van der Waals surface area contributed by atoms with Gasteiger partial charge in [0.2, 0.25) is 0 Å². The molecule has 2 rings (SSSR count). The number of benzene rings is 1. The van der Waals surface area contributed by atoms with Crippen LogP contribution in [0, 0.1) is 0 Å². The van der Waals surface area contributed by atoms with E-state index in [9.17, 15) is 19.2 Å². The molecule has 1 aliphatic rings. The topological polar surface area (TPSA) is 133 Å². The van der Waals surface area contributed by atoms with Crippen LogP contribution in [0.2, 0.25) is 0 Å². The minimum atomic E-state index is -1.28. The summed E-state index contributed by atoms with van der Waals surface area (Å²) < 4.78 is 38.0. The molecule has 3 unspecified atom stereocenters. The monoisotopic (exact) mass is 494 g/mol. The van der Waals surface area contributed by atoms with Crippen LogP contribution in [0.25, 0.3) is 6.08 Å². The fourth-order valence-corrected chi connectivity index (χ4v) is 3.45. The van der Waals surface area contributed by atoms with Gasteiger partial charge < -0.3 is 33.2 Å². The van der Waals surface area contributed by atoms with Crippen LogP contribution in [0.1, 0.15) is 33.3 Å². The molecular weight excluding hydrogens is 464 g/mol. The Balaban J connectivity index is 2.29. The lowest BCUT2D eigenvalue weighted by atomic mass is 9.98. The minimum Gasteiger partial charge on any atom is -0.496 e. The Morgan fingerprint density at radius 2 is 1.46 bits per heavy atom. The SMILES string of the molecule is COc1ccccc1/C=C/CO[C@@H]1OC(COC(C)=O)[C@@H](OC(C)=O)C(OC(C)=O)C1OC(C)=O. The van der Waals surface area contributed by atoms with Gasteiger partial charge in [0.05, 0.1) is 13.7 Å². The van der Waals surface area contributed by atoms with Gasteiger partial charge in [-0.15, -0.1) is 0 Å². The Kier molecular flexibility index (Phi) is 10.7. The van der Waals surface area contributed by atoms with Gasteiger partial charge >= 0.3 is 23.9 Å². The molecule has 0 aromatic heterocycles. The summed E-state index contributed by atoms with van der Waals surface area (Å²) in [6.07, 6.45) is -2.63. The smallest absolute Gasteiger partial charge is 0.303 e. The molecule has 11 heteroatoms. The van der Waals surface area contributed by atoms with E-state index < -0.39 is 54.6 Å². The number of hydrogen-bond donors (Lipinski definition) is 0. The largest absolute Gasteiger partial charge is 0.496 e. The second kappa shape index (κ2) is 13.4. The van der Waals surface area contributed by atoms with Crippen molar-refractivity contribution in [2.45, 2.75) is 58.4 Å². The highest BCUT2D eigenvalue weighted by atomic mass is 16.7. The molecule has 1 fully saturated rings. The van der Waals surface area contributed by atoms with Gasteiger partial charge in [-0.2, -0.15) is 0 Å². The quantitative estimate of drug-likeness (QED) is 0.348. The van der Waals surface area contributed by atoms with Crippen LogP contribution < -0.4 is 4.74 Å². The highest BCUT2D eigenvalue weighted by molar-refractivity contribution is 5.68. The van der Waals surface area contributed by atoms with Gasteiger partial charge in [0.25, 0.3) is 0 Å². The number of methoxy groups -OCH3 is 1. The van der Waals surface area contributed by atoms with Crippen molar-refractivity contribution in [2.75, 3.05) is 20.3 Å². The molecule has 0 N–H and O–H groups in total. The molecule has 1 saturated heterocycles. The van der Waals surface area contributed by atoms with Crippen LogP contribution in [-0.4, -0.2) is 74.9 Å². The van der Waals surface area contributed by atoms with Gasteiger partial charge in [0.1, 0.15) is 18.5 Å². The van der Waals surface area contributed by atoms with Crippen LogP contribution in [0.5, 0.6) is 5.75 Å². The van der Waals surface area contributed by atoms with Gasteiger partial charge in [-0.05, 0) is 6.07 Å². The number of carbonyl (C=O) groups is 4. The molecular formula is C24H30O11. The normalized spacial score (nSPS) is 23.9. The lowest BCUT2D eigenvalue weighted by molar-refractivity contribution is -0.305. The summed E-state index contributed by atoms with van der Waals surface area (Å²) in [4.78, 5) is 46.8. The lowest BCUT2D eigenvalue weighted by Gasteiger charge is -2.43. The maximum Gasteiger partial charge on any atom is 0.303 e. The molecule has 0 spiro atoms. The Morgan fingerprint density at radius 3 is 2.06 bits per heavy atom. The van der Waals surface area contributed by atoms with E-state index in [4.69, 9.17) is 33.2 Å². The standard InChI is InChI=1S/C24H30O11/c1-14(25)31-13-20-21(32-15(2)26)22(33-16(3)27)23(34-17(4)28)24(35-20)30-12-8-10-18-9-6-7-11-19(18)29-5/h6-11,20-24H,12-13H2,1-5H3/b10-8+/t20?,21-,22?,23?,24-/m1/s1. The summed E-state index contributed by atoms with van der Waals surface area (Å²) in [5, 5.41) is 0. The number of esters is 4. The maximum atomic E-state index is 11.8. The molecule has 192 valence electrons. The Hall–Kier alpha value is -3.44. The number of hydrogen-bond acceptors (Lipinski definition) is 11. The zero-order valence-electron chi connectivity index (χ0n) is 20.3. The van der Waals surface area contributed by atoms with Crippen molar-refractivity contribution >= 4 is 30.0 Å². The van der Waals surface area contributed by atoms with E-state index in [1.807, 2.05) is 18.2 Å². The summed E-state index contributed by atoms with van der Waals surface area (Å²) in [7, 11) is 1.56. The Bertz CT molecular complexity index is 926. The number of carbonyl (C=O) groups excluding carboxylic acids is 4. The van der Waals surface area contributed by atoms with Gasteiger partial charge in [0.15, 0.2) is 24.6 Å². The van der Waals surface area contributed by atoms with Gasteiger partial charge in [0, 0.05) is 33.3 Å². The maximum absolute atomic E-state index is 11.8. The number of ether oxygens (including phenoxy) is 7. The lowest BCUT2D eigenvalue weighted by Crippen LogP contribution is -2.62. The molecule has 0 aliphatic carbocycles. The zero-order chi connectivity index (χ0) is 26.0. The highest BCUT2D eigenvalue weighted by Gasteiger charge is 2.52. The second-order valence-electron chi connectivity index (χ2n) is 7.55. The van der Waals surface area contributed by atoms with Gasteiger partial charge in [-0.1, -0.05) is 30.4 Å². The molecule has 0 amide bonds. The first-order chi connectivity index (χ1) is 16.6. The molecule has 0 saturated carbocycles. The average Bonchev–Trinajstić information content (AvgIpc) is 2.78. The van der Waals surface area contributed by atoms with E-state index in [1.165, 1.54) is 6.92 Å². The fraction of sp³-hybridized carbons (Fsp3) is 0.500. The third kappa shape index (κ3) is 8.69. The second-order valence-corrected chi connectivity index (χ2v) is 7.55. The summed E-state index contributed by atoms with van der Waals surface area (Å²) in [5.41, 5.74) is 0.806. The molecule has 35 heavy (non-hydrogen) atoms. The predicted octanol–water partition coefficient (Wildman–Crippen LogP) is 1.81. The number of para-hydroxylation sites is 1. The highest BCUT2D eigenvalue weighted by Crippen LogP contribution is 2.30. The summed E-state index contributed by atoms with van der Waals surface area (Å²) >= 11 is 0. The Morgan fingerprint density at radius 1 is 0.857 bits per heavy atom. The number of rotatable bonds is 10. The van der Waals surface area contributed by atoms with Gasteiger partial charge in [-0.3, -0.25) is 19.2 Å². The van der Waals surface area contributed by atoms with Crippen LogP contribution in [-0.2, 0) is 47.6 Å². The van der Waals surface area contributed by atoms with Crippen molar-refractivity contribution in [1.82, 2.24) is 0 Å². The third-order valence-electron chi connectivity index (χ3n) is 4.74. The van der Waals surface area contributed by atoms with E-state index in [1.54, 1.807) is 25.3 Å². The Labute approximate surface area is 203 Å². The molecule has 1 heterocycles. The summed E-state index contributed by atoms with van der Waals surface area (Å²) in [5.74, 6) is -2.06. The molecule has 1 aromatic carbocycles. The third-order valence-corrected chi connectivity index (χ3v) is 4.74. The minimum absolute atomic E-state index is 0.00574.